The zero-order chi connectivity index (χ0) is 30.4. The molecule has 222 valence electrons. The standard InChI is InChI=1S/C27H31ClF2N3O7P/c1-27(2,16-40-41(36,37)38)13-21(33(3)24(34)10-8-17-5-4-6-22(30)25(17)28)15-39-26(35)32-23-12-19-11-20(29)9-7-18(19)14-31-23/h4-7,9,11-12,14,21H,8,10,13,15-16H2,1-3H3,(H,31,32,35)(H2,36,37,38)/t21-/m0/s1. The first kappa shape index (κ1) is 32.4. The number of phosphoric ester groups is 1. The molecule has 0 aliphatic carbocycles. The summed E-state index contributed by atoms with van der Waals surface area (Å²) in [5, 5.41) is 3.59. The Kier molecular flexibility index (Phi) is 10.8. The zero-order valence-corrected chi connectivity index (χ0v) is 24.3. The van der Waals surface area contributed by atoms with Crippen LogP contribution in [-0.2, 0) is 25.0 Å². The molecule has 0 fully saturated rings. The number of hydrogen-bond donors (Lipinski definition) is 3. The fourth-order valence-corrected chi connectivity index (χ4v) is 4.86. The van der Waals surface area contributed by atoms with Gasteiger partial charge in [-0.05, 0) is 59.5 Å². The topological polar surface area (TPSA) is 138 Å². The Balaban J connectivity index is 1.69. The van der Waals surface area contributed by atoms with Gasteiger partial charge in [0.15, 0.2) is 0 Å². The van der Waals surface area contributed by atoms with Crippen molar-refractivity contribution in [1.29, 1.82) is 0 Å². The largest absolute Gasteiger partial charge is 0.469 e. The minimum absolute atomic E-state index is 0.0284. The third-order valence-corrected chi connectivity index (χ3v) is 7.20. The summed E-state index contributed by atoms with van der Waals surface area (Å²) in [6.07, 6.45) is 0.853. The van der Waals surface area contributed by atoms with Crippen molar-refractivity contribution in [3.05, 3.63) is 70.9 Å². The normalized spacial score (nSPS) is 12.7. The number of nitrogens with zero attached hydrogens (tertiary/aromatic N) is 2. The van der Waals surface area contributed by atoms with E-state index in [0.717, 1.165) is 0 Å². The monoisotopic (exact) mass is 613 g/mol. The highest BCUT2D eigenvalue weighted by molar-refractivity contribution is 7.46. The van der Waals surface area contributed by atoms with Crippen LogP contribution >= 0.6 is 19.4 Å². The van der Waals surface area contributed by atoms with Gasteiger partial charge in [-0.3, -0.25) is 14.6 Å². The summed E-state index contributed by atoms with van der Waals surface area (Å²) in [6, 6.07) is 9.21. The second-order valence-electron chi connectivity index (χ2n) is 10.3. The van der Waals surface area contributed by atoms with Crippen molar-refractivity contribution in [2.45, 2.75) is 39.2 Å². The van der Waals surface area contributed by atoms with Crippen LogP contribution in [-0.4, -0.2) is 58.0 Å². The number of hydrogen-bond acceptors (Lipinski definition) is 6. The van der Waals surface area contributed by atoms with Gasteiger partial charge in [0.2, 0.25) is 5.91 Å². The molecule has 0 aliphatic heterocycles. The number of benzene rings is 2. The van der Waals surface area contributed by atoms with Gasteiger partial charge in [0.1, 0.15) is 24.1 Å². The highest BCUT2D eigenvalue weighted by atomic mass is 35.5. The number of aromatic nitrogens is 1. The lowest BCUT2D eigenvalue weighted by Crippen LogP contribution is -2.44. The minimum Gasteiger partial charge on any atom is -0.447 e. The number of likely N-dealkylation sites (N-methyl/N-ethyl adjacent to an activating group) is 1. The molecule has 0 saturated carbocycles. The van der Waals surface area contributed by atoms with Crippen molar-refractivity contribution < 1.29 is 42.0 Å². The number of aryl methyl sites for hydroxylation is 1. The van der Waals surface area contributed by atoms with E-state index in [0.29, 0.717) is 16.3 Å². The Hall–Kier alpha value is -3.15. The van der Waals surface area contributed by atoms with Crippen LogP contribution in [0.4, 0.5) is 19.4 Å². The molecule has 3 aromatic rings. The van der Waals surface area contributed by atoms with Crippen molar-refractivity contribution in [2.24, 2.45) is 5.41 Å². The molecule has 1 atom stereocenters. The van der Waals surface area contributed by atoms with Crippen molar-refractivity contribution in [2.75, 3.05) is 25.6 Å². The van der Waals surface area contributed by atoms with Crippen LogP contribution in [0.15, 0.2) is 48.7 Å². The molecule has 0 saturated heterocycles. The number of halogens is 3. The molecular formula is C27H31ClF2N3O7P. The third kappa shape index (κ3) is 10.0. The van der Waals surface area contributed by atoms with Gasteiger partial charge < -0.3 is 19.4 Å². The predicted octanol–water partition coefficient (Wildman–Crippen LogP) is 5.70. The number of ether oxygens (including phenoxy) is 1. The Labute approximate surface area is 240 Å². The van der Waals surface area contributed by atoms with E-state index in [9.17, 15) is 22.9 Å². The number of phosphoric acid groups is 1. The number of rotatable bonds is 12. The Morgan fingerprint density at radius 1 is 1.17 bits per heavy atom. The van der Waals surface area contributed by atoms with E-state index < -0.39 is 37.0 Å². The number of pyridine rings is 1. The number of fused-ring (bicyclic) bond motifs is 1. The molecule has 0 unspecified atom stereocenters. The summed E-state index contributed by atoms with van der Waals surface area (Å²) >= 11 is 6.00. The summed E-state index contributed by atoms with van der Waals surface area (Å²) in [5.74, 6) is -1.28. The van der Waals surface area contributed by atoms with Crippen LogP contribution in [0, 0.1) is 17.0 Å². The van der Waals surface area contributed by atoms with Gasteiger partial charge in [0.05, 0.1) is 17.7 Å². The lowest BCUT2D eigenvalue weighted by molar-refractivity contribution is -0.133. The van der Waals surface area contributed by atoms with Gasteiger partial charge in [0.25, 0.3) is 0 Å². The molecule has 2 amide bonds. The Bertz CT molecular complexity index is 1450. The van der Waals surface area contributed by atoms with Crippen LogP contribution in [0.5, 0.6) is 0 Å². The molecule has 1 aromatic heterocycles. The second kappa shape index (κ2) is 13.7. The van der Waals surface area contributed by atoms with Gasteiger partial charge in [-0.2, -0.15) is 0 Å². The molecule has 1 heterocycles. The quantitative estimate of drug-likeness (QED) is 0.221. The molecule has 0 bridgehead atoms. The van der Waals surface area contributed by atoms with E-state index in [1.165, 1.54) is 48.5 Å². The lowest BCUT2D eigenvalue weighted by Gasteiger charge is -2.34. The maximum Gasteiger partial charge on any atom is 0.469 e. The van der Waals surface area contributed by atoms with Crippen LogP contribution in [0.2, 0.25) is 5.02 Å². The van der Waals surface area contributed by atoms with Crippen LogP contribution in [0.25, 0.3) is 10.8 Å². The highest BCUT2D eigenvalue weighted by Gasteiger charge is 2.31. The van der Waals surface area contributed by atoms with E-state index >= 15 is 0 Å². The molecule has 14 heteroatoms. The predicted molar refractivity (Wildman–Crippen MR) is 149 cm³/mol. The van der Waals surface area contributed by atoms with Gasteiger partial charge in [0, 0.05) is 25.1 Å². The smallest absolute Gasteiger partial charge is 0.447 e. The van der Waals surface area contributed by atoms with Crippen molar-refractivity contribution >= 4 is 48.0 Å². The molecule has 2 aromatic carbocycles. The Morgan fingerprint density at radius 3 is 2.61 bits per heavy atom. The first-order valence-corrected chi connectivity index (χ1v) is 14.4. The second-order valence-corrected chi connectivity index (χ2v) is 11.9. The maximum atomic E-state index is 13.8. The molecule has 3 rings (SSSR count). The third-order valence-electron chi connectivity index (χ3n) is 6.31. The number of carbonyl (C=O) groups excluding carboxylic acids is 2. The molecule has 0 radical (unpaired) electrons. The van der Waals surface area contributed by atoms with Crippen LogP contribution in [0.3, 0.4) is 0 Å². The molecule has 41 heavy (non-hydrogen) atoms. The molecule has 0 aliphatic rings. The SMILES string of the molecule is CN(C(=O)CCc1cccc(F)c1Cl)[C@H](COC(=O)Nc1cc2cc(F)ccc2cn1)CC(C)(C)COP(=O)(O)O. The summed E-state index contributed by atoms with van der Waals surface area (Å²) in [6.45, 7) is 2.74. The van der Waals surface area contributed by atoms with Crippen molar-refractivity contribution in [3.8, 4) is 0 Å². The van der Waals surface area contributed by atoms with E-state index in [1.54, 1.807) is 26.0 Å². The average molecular weight is 614 g/mol. The molecular weight excluding hydrogens is 583 g/mol. The van der Waals surface area contributed by atoms with Crippen LogP contribution < -0.4 is 5.32 Å². The van der Waals surface area contributed by atoms with Crippen molar-refractivity contribution in [1.82, 2.24) is 9.88 Å². The van der Waals surface area contributed by atoms with Crippen molar-refractivity contribution in [3.63, 3.8) is 0 Å². The summed E-state index contributed by atoms with van der Waals surface area (Å²) < 4.78 is 48.7. The summed E-state index contributed by atoms with van der Waals surface area (Å²) in [4.78, 5) is 49.4. The lowest BCUT2D eigenvalue weighted by atomic mass is 9.86. The van der Waals surface area contributed by atoms with E-state index in [2.05, 4.69) is 14.8 Å². The molecule has 0 spiro atoms. The van der Waals surface area contributed by atoms with E-state index in [-0.39, 0.29) is 49.2 Å². The molecule has 10 nitrogen and oxygen atoms in total. The van der Waals surface area contributed by atoms with Gasteiger partial charge >= 0.3 is 13.9 Å². The molecule has 3 N–H and O–H groups in total. The summed E-state index contributed by atoms with van der Waals surface area (Å²) in [5.41, 5.74) is -0.394. The Morgan fingerprint density at radius 2 is 1.90 bits per heavy atom. The first-order chi connectivity index (χ1) is 19.1. The fraction of sp³-hybridized carbons (Fsp3) is 0.370. The fourth-order valence-electron chi connectivity index (χ4n) is 4.12. The first-order valence-electron chi connectivity index (χ1n) is 12.5. The van der Waals surface area contributed by atoms with Gasteiger partial charge in [-0.1, -0.05) is 37.6 Å². The van der Waals surface area contributed by atoms with Gasteiger partial charge in [-0.25, -0.2) is 23.1 Å². The number of nitrogens with one attached hydrogen (secondary N) is 1. The number of carbonyl (C=O) groups is 2. The average Bonchev–Trinajstić information content (AvgIpc) is 2.89. The van der Waals surface area contributed by atoms with E-state index in [4.69, 9.17) is 26.1 Å². The van der Waals surface area contributed by atoms with Crippen LogP contribution in [0.1, 0.15) is 32.3 Å². The van der Waals surface area contributed by atoms with Gasteiger partial charge in [-0.15, -0.1) is 0 Å². The summed E-state index contributed by atoms with van der Waals surface area (Å²) in [7, 11) is -3.24. The number of amides is 2. The zero-order valence-electron chi connectivity index (χ0n) is 22.6. The highest BCUT2D eigenvalue weighted by Crippen LogP contribution is 2.39. The maximum absolute atomic E-state index is 13.8. The minimum atomic E-state index is -4.74. The number of anilines is 1. The van der Waals surface area contributed by atoms with E-state index in [1.807, 2.05) is 0 Å².